The molecule has 3 rings (SSSR count). The van der Waals surface area contributed by atoms with Crippen molar-refractivity contribution in [3.8, 4) is 17.1 Å². The molecular formula is C15H18N4O. The first kappa shape index (κ1) is 12.9. The molecular weight excluding hydrogens is 252 g/mol. The highest BCUT2D eigenvalue weighted by Crippen LogP contribution is 2.20. The van der Waals surface area contributed by atoms with Crippen LogP contribution >= 0.6 is 0 Å². The third kappa shape index (κ3) is 2.72. The van der Waals surface area contributed by atoms with Crippen LogP contribution < -0.4 is 15.0 Å². The quantitative estimate of drug-likeness (QED) is 0.917. The van der Waals surface area contributed by atoms with Gasteiger partial charge in [0.15, 0.2) is 5.82 Å². The first-order valence-corrected chi connectivity index (χ1v) is 6.79. The van der Waals surface area contributed by atoms with Crippen LogP contribution in [-0.2, 0) is 0 Å². The van der Waals surface area contributed by atoms with E-state index in [-0.39, 0.29) is 0 Å². The fourth-order valence-electron chi connectivity index (χ4n) is 2.30. The lowest BCUT2D eigenvalue weighted by molar-refractivity contribution is 0.415. The topological polar surface area (TPSA) is 50.3 Å². The third-order valence-corrected chi connectivity index (χ3v) is 3.47. The highest BCUT2D eigenvalue weighted by atomic mass is 16.5. The Labute approximate surface area is 118 Å². The largest absolute Gasteiger partial charge is 0.497 e. The van der Waals surface area contributed by atoms with E-state index in [2.05, 4.69) is 20.2 Å². The molecule has 0 spiro atoms. The minimum atomic E-state index is 0.742. The van der Waals surface area contributed by atoms with E-state index in [0.717, 1.165) is 49.0 Å². The summed E-state index contributed by atoms with van der Waals surface area (Å²) in [7, 11) is 1.66. The number of piperazine rings is 1. The summed E-state index contributed by atoms with van der Waals surface area (Å²) in [6.45, 7) is 4.04. The van der Waals surface area contributed by atoms with Crippen molar-refractivity contribution >= 4 is 5.69 Å². The van der Waals surface area contributed by atoms with Gasteiger partial charge in [0.2, 0.25) is 0 Å². The van der Waals surface area contributed by atoms with Crippen LogP contribution in [0.4, 0.5) is 5.69 Å². The number of aromatic nitrogens is 2. The molecule has 0 bridgehead atoms. The molecule has 5 heteroatoms. The third-order valence-electron chi connectivity index (χ3n) is 3.47. The first-order chi connectivity index (χ1) is 9.86. The van der Waals surface area contributed by atoms with Gasteiger partial charge in [0.25, 0.3) is 0 Å². The van der Waals surface area contributed by atoms with Crippen molar-refractivity contribution in [3.63, 3.8) is 0 Å². The Morgan fingerprint density at radius 2 is 1.70 bits per heavy atom. The normalized spacial score (nSPS) is 15.2. The minimum Gasteiger partial charge on any atom is -0.497 e. The van der Waals surface area contributed by atoms with Crippen LogP contribution in [0.15, 0.2) is 36.7 Å². The molecule has 1 aliphatic heterocycles. The summed E-state index contributed by atoms with van der Waals surface area (Å²) in [6, 6.07) is 7.78. The van der Waals surface area contributed by atoms with Gasteiger partial charge in [-0.1, -0.05) is 0 Å². The van der Waals surface area contributed by atoms with Gasteiger partial charge in [0.05, 0.1) is 25.2 Å². The molecule has 2 aromatic rings. The van der Waals surface area contributed by atoms with Gasteiger partial charge in [0.1, 0.15) is 5.75 Å². The second-order valence-electron chi connectivity index (χ2n) is 4.73. The van der Waals surface area contributed by atoms with Crippen LogP contribution in [0.1, 0.15) is 0 Å². The van der Waals surface area contributed by atoms with E-state index in [0.29, 0.717) is 0 Å². The second-order valence-corrected chi connectivity index (χ2v) is 4.73. The predicted molar refractivity (Wildman–Crippen MR) is 79.1 cm³/mol. The van der Waals surface area contributed by atoms with E-state index >= 15 is 0 Å². The molecule has 1 fully saturated rings. The van der Waals surface area contributed by atoms with Gasteiger partial charge in [-0.3, -0.25) is 0 Å². The Morgan fingerprint density at radius 1 is 1.05 bits per heavy atom. The lowest BCUT2D eigenvalue weighted by atomic mass is 10.2. The smallest absolute Gasteiger partial charge is 0.159 e. The molecule has 1 aromatic carbocycles. The molecule has 0 atom stereocenters. The number of methoxy groups -OCH3 is 1. The molecule has 1 aromatic heterocycles. The monoisotopic (exact) mass is 270 g/mol. The maximum atomic E-state index is 5.15. The van der Waals surface area contributed by atoms with Gasteiger partial charge in [0, 0.05) is 31.7 Å². The summed E-state index contributed by atoms with van der Waals surface area (Å²) in [5, 5.41) is 3.34. The standard InChI is InChI=1S/C15H18N4O/c1-20-14-4-2-12(3-5-14)15-17-10-13(11-18-15)19-8-6-16-7-9-19/h2-5,10-11,16H,6-9H2,1H3. The van der Waals surface area contributed by atoms with Gasteiger partial charge >= 0.3 is 0 Å². The average molecular weight is 270 g/mol. The number of nitrogens with one attached hydrogen (secondary N) is 1. The van der Waals surface area contributed by atoms with Crippen LogP contribution in [0.5, 0.6) is 5.75 Å². The predicted octanol–water partition coefficient (Wildman–Crippen LogP) is 1.56. The first-order valence-electron chi connectivity index (χ1n) is 6.79. The van der Waals surface area contributed by atoms with Gasteiger partial charge in [-0.2, -0.15) is 0 Å². The number of rotatable bonds is 3. The highest BCUT2D eigenvalue weighted by Gasteiger charge is 2.11. The summed E-state index contributed by atoms with van der Waals surface area (Å²) in [6.07, 6.45) is 3.80. The van der Waals surface area contributed by atoms with E-state index in [1.165, 1.54) is 0 Å². The molecule has 104 valence electrons. The van der Waals surface area contributed by atoms with Crippen molar-refractivity contribution in [2.45, 2.75) is 0 Å². The Balaban J connectivity index is 1.77. The fraction of sp³-hybridized carbons (Fsp3) is 0.333. The summed E-state index contributed by atoms with van der Waals surface area (Å²) < 4.78 is 5.15. The van der Waals surface area contributed by atoms with Gasteiger partial charge in [-0.15, -0.1) is 0 Å². The number of ether oxygens (including phenoxy) is 1. The molecule has 1 saturated heterocycles. The molecule has 0 saturated carbocycles. The van der Waals surface area contributed by atoms with Crippen LogP contribution in [0.3, 0.4) is 0 Å². The van der Waals surface area contributed by atoms with Gasteiger partial charge in [-0.05, 0) is 24.3 Å². The van der Waals surface area contributed by atoms with Crippen molar-refractivity contribution in [1.82, 2.24) is 15.3 Å². The number of hydrogen-bond acceptors (Lipinski definition) is 5. The molecule has 20 heavy (non-hydrogen) atoms. The molecule has 1 N–H and O–H groups in total. The van der Waals surface area contributed by atoms with Crippen molar-refractivity contribution in [2.24, 2.45) is 0 Å². The highest BCUT2D eigenvalue weighted by molar-refractivity contribution is 5.57. The van der Waals surface area contributed by atoms with E-state index in [1.54, 1.807) is 7.11 Å². The van der Waals surface area contributed by atoms with Crippen LogP contribution in [0.2, 0.25) is 0 Å². The molecule has 0 unspecified atom stereocenters. The number of anilines is 1. The van der Waals surface area contributed by atoms with Crippen LogP contribution in [0.25, 0.3) is 11.4 Å². The summed E-state index contributed by atoms with van der Waals surface area (Å²) in [5.74, 6) is 1.58. The number of hydrogen-bond donors (Lipinski definition) is 1. The minimum absolute atomic E-state index is 0.742. The van der Waals surface area contributed by atoms with E-state index in [4.69, 9.17) is 4.74 Å². The SMILES string of the molecule is COc1ccc(-c2ncc(N3CCNCC3)cn2)cc1. The summed E-state index contributed by atoms with van der Waals surface area (Å²) in [5.41, 5.74) is 2.08. The van der Waals surface area contributed by atoms with Crippen molar-refractivity contribution in [3.05, 3.63) is 36.7 Å². The van der Waals surface area contributed by atoms with E-state index in [1.807, 2.05) is 36.7 Å². The summed E-state index contributed by atoms with van der Waals surface area (Å²) >= 11 is 0. The zero-order chi connectivity index (χ0) is 13.8. The lowest BCUT2D eigenvalue weighted by Crippen LogP contribution is -2.43. The van der Waals surface area contributed by atoms with Crippen molar-refractivity contribution < 1.29 is 4.74 Å². The maximum absolute atomic E-state index is 5.15. The molecule has 0 radical (unpaired) electrons. The van der Waals surface area contributed by atoms with Gasteiger partial charge < -0.3 is 15.0 Å². The number of nitrogens with zero attached hydrogens (tertiary/aromatic N) is 3. The average Bonchev–Trinajstić information content (AvgIpc) is 2.56. The molecule has 0 aliphatic carbocycles. The van der Waals surface area contributed by atoms with Gasteiger partial charge in [-0.25, -0.2) is 9.97 Å². The second kappa shape index (κ2) is 5.88. The van der Waals surface area contributed by atoms with Crippen molar-refractivity contribution in [2.75, 3.05) is 38.2 Å². The maximum Gasteiger partial charge on any atom is 0.159 e. The van der Waals surface area contributed by atoms with E-state index < -0.39 is 0 Å². The molecule has 5 nitrogen and oxygen atoms in total. The lowest BCUT2D eigenvalue weighted by Gasteiger charge is -2.28. The Hall–Kier alpha value is -2.14. The number of benzene rings is 1. The molecule has 0 amide bonds. The zero-order valence-corrected chi connectivity index (χ0v) is 11.5. The summed E-state index contributed by atoms with van der Waals surface area (Å²) in [4.78, 5) is 11.2. The van der Waals surface area contributed by atoms with Crippen LogP contribution in [-0.4, -0.2) is 43.3 Å². The van der Waals surface area contributed by atoms with Crippen molar-refractivity contribution in [1.29, 1.82) is 0 Å². The molecule has 2 heterocycles. The van der Waals surface area contributed by atoms with E-state index in [9.17, 15) is 0 Å². The fourth-order valence-corrected chi connectivity index (χ4v) is 2.30. The Bertz CT molecular complexity index is 547. The zero-order valence-electron chi connectivity index (χ0n) is 11.5. The Kier molecular flexibility index (Phi) is 3.78. The molecule has 1 aliphatic rings. The van der Waals surface area contributed by atoms with Crippen LogP contribution in [0, 0.1) is 0 Å². The Morgan fingerprint density at radius 3 is 2.30 bits per heavy atom.